The van der Waals surface area contributed by atoms with Crippen molar-refractivity contribution in [3.8, 4) is 0 Å². The first-order valence-electron chi connectivity index (χ1n) is 5.48. The molecular weight excluding hydrogens is 212 g/mol. The maximum atomic E-state index is 13.5. The fraction of sp³-hybridized carbons (Fsp3) is 0.500. The van der Waals surface area contributed by atoms with Gasteiger partial charge in [-0.3, -0.25) is 0 Å². The molecule has 0 saturated heterocycles. The van der Waals surface area contributed by atoms with Crippen molar-refractivity contribution in [2.24, 2.45) is 0 Å². The molecule has 2 nitrogen and oxygen atoms in total. The minimum Gasteiger partial charge on any atom is -0.391 e. The van der Waals surface area contributed by atoms with E-state index in [1.165, 1.54) is 13.0 Å². The summed E-state index contributed by atoms with van der Waals surface area (Å²) in [5.74, 6) is -0.908. The van der Waals surface area contributed by atoms with Gasteiger partial charge >= 0.3 is 0 Å². The summed E-state index contributed by atoms with van der Waals surface area (Å²) in [7, 11) is 0. The zero-order valence-corrected chi connectivity index (χ0v) is 9.13. The Labute approximate surface area is 93.3 Å². The molecule has 2 rings (SSSR count). The molecule has 1 aliphatic rings. The molecule has 2 atom stereocenters. The Kier molecular flexibility index (Phi) is 3.10. The van der Waals surface area contributed by atoms with E-state index in [4.69, 9.17) is 0 Å². The third-order valence-corrected chi connectivity index (χ3v) is 3.07. The van der Waals surface area contributed by atoms with Crippen LogP contribution in [0.15, 0.2) is 12.1 Å². The molecule has 1 aromatic carbocycles. The van der Waals surface area contributed by atoms with Gasteiger partial charge in [0.2, 0.25) is 0 Å². The smallest absolute Gasteiger partial charge is 0.146 e. The zero-order chi connectivity index (χ0) is 11.7. The second kappa shape index (κ2) is 4.37. The first-order valence-corrected chi connectivity index (χ1v) is 5.48. The van der Waals surface area contributed by atoms with Gasteiger partial charge in [0.1, 0.15) is 11.6 Å². The van der Waals surface area contributed by atoms with Crippen LogP contribution in [0.1, 0.15) is 24.8 Å². The summed E-state index contributed by atoms with van der Waals surface area (Å²) in [6.07, 6.45) is 1.95. The molecule has 2 N–H and O–H groups in total. The molecule has 0 amide bonds. The highest BCUT2D eigenvalue weighted by atomic mass is 19.1. The number of nitrogens with one attached hydrogen (secondary N) is 1. The molecule has 88 valence electrons. The molecule has 1 fully saturated rings. The van der Waals surface area contributed by atoms with Crippen LogP contribution in [0.25, 0.3) is 0 Å². The monoisotopic (exact) mass is 227 g/mol. The maximum Gasteiger partial charge on any atom is 0.146 e. The number of anilines is 1. The van der Waals surface area contributed by atoms with E-state index in [1.54, 1.807) is 0 Å². The largest absolute Gasteiger partial charge is 0.391 e. The molecule has 0 heterocycles. The number of hydrogen-bond donors (Lipinski definition) is 2. The van der Waals surface area contributed by atoms with Crippen molar-refractivity contribution in [2.45, 2.75) is 38.3 Å². The van der Waals surface area contributed by atoms with Crippen molar-refractivity contribution in [1.82, 2.24) is 0 Å². The zero-order valence-electron chi connectivity index (χ0n) is 9.13. The standard InChI is InChI=1S/C12H15F2NO/c1-7-5-9(14)11(6-8(7)13)15-10-3-2-4-12(10)16/h5-6,10,12,15-16H,2-4H2,1H3/t10-,12-/m0/s1. The fourth-order valence-electron chi connectivity index (χ4n) is 2.07. The van der Waals surface area contributed by atoms with Gasteiger partial charge in [-0.25, -0.2) is 8.78 Å². The van der Waals surface area contributed by atoms with Crippen LogP contribution in [0.4, 0.5) is 14.5 Å². The summed E-state index contributed by atoms with van der Waals surface area (Å²) in [6.45, 7) is 1.52. The molecule has 0 bridgehead atoms. The normalized spacial score (nSPS) is 24.8. The van der Waals surface area contributed by atoms with Crippen molar-refractivity contribution in [3.63, 3.8) is 0 Å². The summed E-state index contributed by atoms with van der Waals surface area (Å²) in [5.41, 5.74) is 0.420. The number of hydrogen-bond acceptors (Lipinski definition) is 2. The van der Waals surface area contributed by atoms with Gasteiger partial charge in [0.25, 0.3) is 0 Å². The molecule has 0 spiro atoms. The number of aryl methyl sites for hydroxylation is 1. The van der Waals surface area contributed by atoms with E-state index in [1.807, 2.05) is 0 Å². The molecule has 0 aliphatic heterocycles. The van der Waals surface area contributed by atoms with Crippen LogP contribution in [-0.4, -0.2) is 17.3 Å². The van der Waals surface area contributed by atoms with Crippen molar-refractivity contribution in [1.29, 1.82) is 0 Å². The van der Waals surface area contributed by atoms with Gasteiger partial charge in [-0.2, -0.15) is 0 Å². The van der Waals surface area contributed by atoms with E-state index < -0.39 is 17.7 Å². The lowest BCUT2D eigenvalue weighted by molar-refractivity contribution is 0.171. The quantitative estimate of drug-likeness (QED) is 0.814. The highest BCUT2D eigenvalue weighted by Crippen LogP contribution is 2.25. The van der Waals surface area contributed by atoms with E-state index in [9.17, 15) is 13.9 Å². The first-order chi connectivity index (χ1) is 7.58. The van der Waals surface area contributed by atoms with Crippen molar-refractivity contribution < 1.29 is 13.9 Å². The Morgan fingerprint density at radius 2 is 2.00 bits per heavy atom. The third-order valence-electron chi connectivity index (χ3n) is 3.07. The van der Waals surface area contributed by atoms with Crippen LogP contribution in [0, 0.1) is 18.6 Å². The molecule has 1 saturated carbocycles. The molecule has 1 aromatic rings. The predicted octanol–water partition coefficient (Wildman–Crippen LogP) is 2.60. The van der Waals surface area contributed by atoms with Crippen LogP contribution < -0.4 is 5.32 Å². The number of aliphatic hydroxyl groups is 1. The second-order valence-electron chi connectivity index (χ2n) is 4.33. The SMILES string of the molecule is Cc1cc(F)c(N[C@H]2CCC[C@@H]2O)cc1F. The van der Waals surface area contributed by atoms with Crippen molar-refractivity contribution in [2.75, 3.05) is 5.32 Å². The van der Waals surface area contributed by atoms with Gasteiger partial charge in [-0.1, -0.05) is 0 Å². The summed E-state index contributed by atoms with van der Waals surface area (Å²) < 4.78 is 26.8. The molecule has 4 heteroatoms. The average molecular weight is 227 g/mol. The third kappa shape index (κ3) is 2.16. The lowest BCUT2D eigenvalue weighted by Gasteiger charge is -2.18. The fourth-order valence-corrected chi connectivity index (χ4v) is 2.07. The van der Waals surface area contributed by atoms with E-state index in [2.05, 4.69) is 5.32 Å². The average Bonchev–Trinajstić information content (AvgIpc) is 2.61. The van der Waals surface area contributed by atoms with Crippen molar-refractivity contribution in [3.05, 3.63) is 29.3 Å². The highest BCUT2D eigenvalue weighted by molar-refractivity contribution is 5.48. The van der Waals surface area contributed by atoms with Gasteiger partial charge in [0, 0.05) is 6.07 Å². The van der Waals surface area contributed by atoms with E-state index in [-0.39, 0.29) is 17.3 Å². The van der Waals surface area contributed by atoms with E-state index >= 15 is 0 Å². The minimum absolute atomic E-state index is 0.133. The Morgan fingerprint density at radius 3 is 2.62 bits per heavy atom. The highest BCUT2D eigenvalue weighted by Gasteiger charge is 2.25. The molecular formula is C12H15F2NO. The molecule has 1 aliphatic carbocycles. The molecule has 0 aromatic heterocycles. The van der Waals surface area contributed by atoms with Crippen LogP contribution >= 0.6 is 0 Å². The minimum atomic E-state index is -0.474. The van der Waals surface area contributed by atoms with Gasteiger partial charge in [-0.15, -0.1) is 0 Å². The number of benzene rings is 1. The maximum absolute atomic E-state index is 13.5. The molecule has 16 heavy (non-hydrogen) atoms. The van der Waals surface area contributed by atoms with E-state index in [0.29, 0.717) is 6.42 Å². The molecule has 0 unspecified atom stereocenters. The van der Waals surface area contributed by atoms with Crippen LogP contribution in [-0.2, 0) is 0 Å². The second-order valence-corrected chi connectivity index (χ2v) is 4.33. The van der Waals surface area contributed by atoms with Gasteiger partial charge < -0.3 is 10.4 Å². The lowest BCUT2D eigenvalue weighted by Crippen LogP contribution is -2.28. The Bertz CT molecular complexity index is 395. The number of rotatable bonds is 2. The summed E-state index contributed by atoms with van der Waals surface area (Å²) in [5, 5.41) is 12.4. The van der Waals surface area contributed by atoms with Gasteiger partial charge in [-0.05, 0) is 37.8 Å². The predicted molar refractivity (Wildman–Crippen MR) is 58.4 cm³/mol. The van der Waals surface area contributed by atoms with Gasteiger partial charge in [0.15, 0.2) is 0 Å². The Balaban J connectivity index is 2.18. The first kappa shape index (κ1) is 11.3. The number of halogens is 2. The van der Waals surface area contributed by atoms with Crippen LogP contribution in [0.2, 0.25) is 0 Å². The summed E-state index contributed by atoms with van der Waals surface area (Å²) >= 11 is 0. The van der Waals surface area contributed by atoms with E-state index in [0.717, 1.165) is 18.9 Å². The lowest BCUT2D eigenvalue weighted by atomic mass is 10.1. The number of aliphatic hydroxyl groups excluding tert-OH is 1. The Hall–Kier alpha value is -1.16. The van der Waals surface area contributed by atoms with Gasteiger partial charge in [0.05, 0.1) is 17.8 Å². The molecule has 0 radical (unpaired) electrons. The topological polar surface area (TPSA) is 32.3 Å². The summed E-state index contributed by atoms with van der Waals surface area (Å²) in [4.78, 5) is 0. The van der Waals surface area contributed by atoms with Crippen LogP contribution in [0.3, 0.4) is 0 Å². The van der Waals surface area contributed by atoms with Crippen molar-refractivity contribution >= 4 is 5.69 Å². The Morgan fingerprint density at radius 1 is 1.25 bits per heavy atom. The van der Waals surface area contributed by atoms with Crippen LogP contribution in [0.5, 0.6) is 0 Å². The summed E-state index contributed by atoms with van der Waals surface area (Å²) in [6, 6.07) is 2.14.